The fraction of sp³-hybridized carbons (Fsp3) is 0.389. The first-order valence-electron chi connectivity index (χ1n) is 8.07. The molecule has 0 unspecified atom stereocenters. The third-order valence-corrected chi connectivity index (χ3v) is 8.45. The van der Waals surface area contributed by atoms with Gasteiger partial charge in [0.05, 0.1) is 14.8 Å². The van der Waals surface area contributed by atoms with E-state index >= 15 is 0 Å². The number of halogens is 1. The number of hydrogen-bond acceptors (Lipinski definition) is 4. The Balaban J connectivity index is 1.69. The second kappa shape index (κ2) is 6.36. The van der Waals surface area contributed by atoms with Gasteiger partial charge >= 0.3 is 0 Å². The molecule has 2 heterocycles. The van der Waals surface area contributed by atoms with E-state index < -0.39 is 0 Å². The van der Waals surface area contributed by atoms with Gasteiger partial charge in [0.15, 0.2) is 5.76 Å². The summed E-state index contributed by atoms with van der Waals surface area (Å²) in [4.78, 5) is 12.7. The summed E-state index contributed by atoms with van der Waals surface area (Å²) in [6, 6.07) is 7.25. The van der Waals surface area contributed by atoms with Crippen molar-refractivity contribution in [2.45, 2.75) is 30.3 Å². The van der Waals surface area contributed by atoms with Crippen molar-refractivity contribution in [2.75, 3.05) is 16.8 Å². The molecule has 3 nitrogen and oxygen atoms in total. The number of fused-ring (bicyclic) bond motifs is 2. The summed E-state index contributed by atoms with van der Waals surface area (Å²) in [7, 11) is 0. The van der Waals surface area contributed by atoms with E-state index in [1.165, 1.54) is 5.56 Å². The Morgan fingerprint density at radius 3 is 2.79 bits per heavy atom. The third kappa shape index (κ3) is 2.67. The highest BCUT2D eigenvalue weighted by Gasteiger charge is 2.45. The molecule has 1 fully saturated rings. The molecule has 0 atom stereocenters. The quantitative estimate of drug-likeness (QED) is 0.751. The molecule has 126 valence electrons. The van der Waals surface area contributed by atoms with Crippen molar-refractivity contribution < 1.29 is 9.21 Å². The van der Waals surface area contributed by atoms with E-state index in [1.807, 2.05) is 42.6 Å². The molecule has 0 saturated carbocycles. The largest absolute Gasteiger partial charge is 0.455 e. The number of thioether (sulfide) groups is 2. The molecular weight excluding hydrogens is 362 g/mol. The molecule has 1 N–H and O–H groups in total. The molecular formula is C18H18ClNO2S2. The van der Waals surface area contributed by atoms with E-state index in [1.54, 1.807) is 12.1 Å². The standard InChI is InChI=1S/C18H18ClNO2S2/c1-11-15-14(7-4-8-18(15)23-9-10-24-18)22-16(11)17(21)20-13-6-3-2-5-12(13)19/h2-3,5-6H,4,7-10H2,1H3,(H,20,21). The first kappa shape index (κ1) is 16.4. The van der Waals surface area contributed by atoms with Crippen molar-refractivity contribution in [2.24, 2.45) is 0 Å². The Morgan fingerprint density at radius 2 is 2.04 bits per heavy atom. The van der Waals surface area contributed by atoms with Crippen molar-refractivity contribution in [3.63, 3.8) is 0 Å². The minimum Gasteiger partial charge on any atom is -0.455 e. The fourth-order valence-electron chi connectivity index (χ4n) is 3.56. The molecule has 6 heteroatoms. The average Bonchev–Trinajstić information content (AvgIpc) is 3.16. The summed E-state index contributed by atoms with van der Waals surface area (Å²) in [5, 5.41) is 3.40. The minimum atomic E-state index is -0.224. The number of aryl methyl sites for hydroxylation is 1. The lowest BCUT2D eigenvalue weighted by atomic mass is 9.94. The van der Waals surface area contributed by atoms with Crippen molar-refractivity contribution >= 4 is 46.7 Å². The zero-order valence-electron chi connectivity index (χ0n) is 13.4. The third-order valence-electron chi connectivity index (χ3n) is 4.59. The van der Waals surface area contributed by atoms with Crippen LogP contribution < -0.4 is 5.32 Å². The van der Waals surface area contributed by atoms with Crippen LogP contribution >= 0.6 is 35.1 Å². The lowest BCUT2D eigenvalue weighted by Crippen LogP contribution is -2.21. The van der Waals surface area contributed by atoms with Gasteiger partial charge in [-0.1, -0.05) is 23.7 Å². The Labute approximate surface area is 154 Å². The molecule has 1 aromatic heterocycles. The summed E-state index contributed by atoms with van der Waals surface area (Å²) in [5.74, 6) is 3.52. The van der Waals surface area contributed by atoms with Gasteiger partial charge in [0.25, 0.3) is 5.91 Å². The van der Waals surface area contributed by atoms with Crippen LogP contribution in [0, 0.1) is 6.92 Å². The molecule has 1 amide bonds. The summed E-state index contributed by atoms with van der Waals surface area (Å²) < 4.78 is 6.10. The highest BCUT2D eigenvalue weighted by molar-refractivity contribution is 8.20. The summed E-state index contributed by atoms with van der Waals surface area (Å²) in [6.45, 7) is 2.01. The number of benzene rings is 1. The zero-order chi connectivity index (χ0) is 16.7. The van der Waals surface area contributed by atoms with Crippen LogP contribution in [0.2, 0.25) is 5.02 Å². The molecule has 1 aliphatic heterocycles. The van der Waals surface area contributed by atoms with Crippen LogP contribution in [-0.2, 0) is 10.5 Å². The van der Waals surface area contributed by atoms with Crippen molar-refractivity contribution in [3.05, 3.63) is 51.9 Å². The van der Waals surface area contributed by atoms with E-state index in [0.717, 1.165) is 42.1 Å². The number of furan rings is 1. The number of rotatable bonds is 2. The molecule has 0 bridgehead atoms. The number of para-hydroxylation sites is 1. The number of carbonyl (C=O) groups excluding carboxylic acids is 1. The van der Waals surface area contributed by atoms with E-state index in [4.69, 9.17) is 16.0 Å². The second-order valence-corrected chi connectivity index (χ2v) is 9.55. The van der Waals surface area contributed by atoms with Crippen LogP contribution in [0.25, 0.3) is 0 Å². The Bertz CT molecular complexity index is 796. The van der Waals surface area contributed by atoms with Gasteiger partial charge in [-0.3, -0.25) is 4.79 Å². The predicted octanol–water partition coefficient (Wildman–Crippen LogP) is 5.46. The van der Waals surface area contributed by atoms with Crippen LogP contribution in [0.5, 0.6) is 0 Å². The van der Waals surface area contributed by atoms with E-state index in [9.17, 15) is 4.79 Å². The number of hydrogen-bond donors (Lipinski definition) is 1. The molecule has 1 spiro atoms. The molecule has 1 saturated heterocycles. The highest BCUT2D eigenvalue weighted by atomic mass is 35.5. The Morgan fingerprint density at radius 1 is 1.29 bits per heavy atom. The Hall–Kier alpha value is -1.04. The average molecular weight is 380 g/mol. The van der Waals surface area contributed by atoms with Crippen molar-refractivity contribution in [1.29, 1.82) is 0 Å². The summed E-state index contributed by atoms with van der Waals surface area (Å²) in [5.41, 5.74) is 2.85. The molecule has 1 aromatic carbocycles. The number of amides is 1. The fourth-order valence-corrected chi connectivity index (χ4v) is 7.30. The molecule has 1 aliphatic carbocycles. The van der Waals surface area contributed by atoms with Gasteiger partial charge in [-0.25, -0.2) is 0 Å². The van der Waals surface area contributed by atoms with Crippen LogP contribution in [0.1, 0.15) is 40.3 Å². The smallest absolute Gasteiger partial charge is 0.291 e. The maximum Gasteiger partial charge on any atom is 0.291 e. The lowest BCUT2D eigenvalue weighted by Gasteiger charge is -2.31. The van der Waals surface area contributed by atoms with E-state index in [-0.39, 0.29) is 9.99 Å². The Kier molecular flexibility index (Phi) is 4.35. The van der Waals surface area contributed by atoms with Gasteiger partial charge in [-0.15, -0.1) is 23.5 Å². The van der Waals surface area contributed by atoms with E-state index in [2.05, 4.69) is 5.32 Å². The van der Waals surface area contributed by atoms with Gasteiger partial charge in [0, 0.05) is 29.1 Å². The lowest BCUT2D eigenvalue weighted by molar-refractivity contribution is 0.0994. The zero-order valence-corrected chi connectivity index (χ0v) is 15.7. The molecule has 0 radical (unpaired) electrons. The normalized spacial score (nSPS) is 18.6. The topological polar surface area (TPSA) is 42.2 Å². The molecule has 2 aliphatic rings. The summed E-state index contributed by atoms with van der Waals surface area (Å²) >= 11 is 10.2. The first-order valence-corrected chi connectivity index (χ1v) is 10.4. The van der Waals surface area contributed by atoms with Crippen LogP contribution in [0.3, 0.4) is 0 Å². The van der Waals surface area contributed by atoms with Gasteiger partial charge < -0.3 is 9.73 Å². The van der Waals surface area contributed by atoms with Crippen LogP contribution in [-0.4, -0.2) is 17.4 Å². The van der Waals surface area contributed by atoms with Gasteiger partial charge in [0.1, 0.15) is 5.76 Å². The van der Waals surface area contributed by atoms with Crippen LogP contribution in [0.4, 0.5) is 5.69 Å². The highest BCUT2D eigenvalue weighted by Crippen LogP contribution is 2.59. The maximum atomic E-state index is 12.7. The SMILES string of the molecule is Cc1c(C(=O)Nc2ccccc2Cl)oc2c1C1(CCC2)SCCS1. The van der Waals surface area contributed by atoms with Crippen molar-refractivity contribution in [1.82, 2.24) is 0 Å². The second-order valence-electron chi connectivity index (χ2n) is 6.09. The molecule has 24 heavy (non-hydrogen) atoms. The molecule has 4 rings (SSSR count). The maximum absolute atomic E-state index is 12.7. The minimum absolute atomic E-state index is 0.0874. The van der Waals surface area contributed by atoms with Crippen LogP contribution in [0.15, 0.2) is 28.7 Å². The number of nitrogens with one attached hydrogen (secondary N) is 1. The van der Waals surface area contributed by atoms with Crippen molar-refractivity contribution in [3.8, 4) is 0 Å². The number of carbonyl (C=O) groups is 1. The number of anilines is 1. The van der Waals surface area contributed by atoms with Gasteiger partial charge in [0.2, 0.25) is 0 Å². The summed E-state index contributed by atoms with van der Waals surface area (Å²) in [6.07, 6.45) is 3.19. The first-order chi connectivity index (χ1) is 11.6. The molecule has 2 aromatic rings. The van der Waals surface area contributed by atoms with Gasteiger partial charge in [-0.05, 0) is 31.9 Å². The monoisotopic (exact) mass is 379 g/mol. The van der Waals surface area contributed by atoms with E-state index in [0.29, 0.717) is 16.5 Å². The predicted molar refractivity (Wildman–Crippen MR) is 102 cm³/mol. The van der Waals surface area contributed by atoms with Gasteiger partial charge in [-0.2, -0.15) is 0 Å².